The summed E-state index contributed by atoms with van der Waals surface area (Å²) in [5, 5.41) is 14.8. The van der Waals surface area contributed by atoms with E-state index in [1.807, 2.05) is 48.0 Å². The van der Waals surface area contributed by atoms with Crippen LogP contribution < -0.4 is 15.4 Å². The van der Waals surface area contributed by atoms with E-state index in [-0.39, 0.29) is 11.9 Å². The molecule has 0 saturated carbocycles. The van der Waals surface area contributed by atoms with Crippen molar-refractivity contribution in [1.29, 1.82) is 0 Å². The van der Waals surface area contributed by atoms with Crippen LogP contribution in [0.1, 0.15) is 45.0 Å². The number of benzene rings is 2. The van der Waals surface area contributed by atoms with Crippen LogP contribution in [0.4, 0.5) is 5.82 Å². The molecule has 2 N–H and O–H groups in total. The fourth-order valence-corrected chi connectivity index (χ4v) is 4.58. The number of anilines is 1. The molecular weight excluding hydrogens is 460 g/mol. The largest absolute Gasteiger partial charge is 0.493 e. The summed E-state index contributed by atoms with van der Waals surface area (Å²) in [4.78, 5) is 22.7. The average Bonchev–Trinajstić information content (AvgIpc) is 3.21. The van der Waals surface area contributed by atoms with Crippen molar-refractivity contribution in [2.45, 2.75) is 57.6 Å². The molecular formula is C26H32N6O2S. The third-order valence-electron chi connectivity index (χ3n) is 5.27. The van der Waals surface area contributed by atoms with Crippen LogP contribution in [0.3, 0.4) is 0 Å². The van der Waals surface area contributed by atoms with Gasteiger partial charge in [-0.25, -0.2) is 14.6 Å². The summed E-state index contributed by atoms with van der Waals surface area (Å²) in [5.41, 5.74) is 1.30. The first-order chi connectivity index (χ1) is 16.9. The van der Waals surface area contributed by atoms with Gasteiger partial charge < -0.3 is 15.4 Å². The van der Waals surface area contributed by atoms with Gasteiger partial charge in [-0.1, -0.05) is 55.9 Å². The lowest BCUT2D eigenvalue weighted by Gasteiger charge is -2.14. The summed E-state index contributed by atoms with van der Waals surface area (Å²) in [5.74, 6) is 1.19. The molecule has 0 saturated heterocycles. The number of nitrogens with zero attached hydrogens (tertiary/aromatic N) is 4. The minimum absolute atomic E-state index is 0.172. The van der Waals surface area contributed by atoms with Gasteiger partial charge in [0.2, 0.25) is 0 Å². The third kappa shape index (κ3) is 5.67. The summed E-state index contributed by atoms with van der Waals surface area (Å²) >= 11 is 1.61. The number of amides is 1. The van der Waals surface area contributed by atoms with E-state index in [9.17, 15) is 4.79 Å². The molecule has 0 aliphatic heterocycles. The van der Waals surface area contributed by atoms with Gasteiger partial charge in [0.25, 0.3) is 5.91 Å². The average molecular weight is 493 g/mol. The molecule has 2 aromatic carbocycles. The predicted molar refractivity (Wildman–Crippen MR) is 143 cm³/mol. The lowest BCUT2D eigenvalue weighted by Crippen LogP contribution is -2.28. The van der Waals surface area contributed by atoms with Crippen molar-refractivity contribution < 1.29 is 9.53 Å². The van der Waals surface area contributed by atoms with Crippen LogP contribution in [0.25, 0.3) is 21.8 Å². The van der Waals surface area contributed by atoms with Gasteiger partial charge in [-0.05, 0) is 37.6 Å². The van der Waals surface area contributed by atoms with Gasteiger partial charge in [-0.15, -0.1) is 0 Å². The molecule has 0 unspecified atom stereocenters. The molecule has 0 fully saturated rings. The Morgan fingerprint density at radius 2 is 1.89 bits per heavy atom. The van der Waals surface area contributed by atoms with Gasteiger partial charge in [-0.2, -0.15) is 5.10 Å². The SMILES string of the molecule is CCOc1ccc2ccccc2c1C(=O)NCCn1ncc2c(NC(C)C)nc(SC(C)C)nc21. The van der Waals surface area contributed by atoms with E-state index in [1.54, 1.807) is 18.0 Å². The number of hydrogen-bond acceptors (Lipinski definition) is 7. The van der Waals surface area contributed by atoms with Crippen LogP contribution in [0, 0.1) is 0 Å². The van der Waals surface area contributed by atoms with E-state index in [4.69, 9.17) is 14.7 Å². The summed E-state index contributed by atoms with van der Waals surface area (Å²) < 4.78 is 7.58. The van der Waals surface area contributed by atoms with E-state index in [0.717, 1.165) is 27.6 Å². The molecule has 0 radical (unpaired) electrons. The Kier molecular flexibility index (Phi) is 7.75. The summed E-state index contributed by atoms with van der Waals surface area (Å²) in [7, 11) is 0. The summed E-state index contributed by atoms with van der Waals surface area (Å²) in [6, 6.07) is 11.9. The van der Waals surface area contributed by atoms with Gasteiger partial charge in [0.05, 0.1) is 30.3 Å². The van der Waals surface area contributed by atoms with Crippen LogP contribution in [-0.4, -0.2) is 50.1 Å². The molecule has 0 bridgehead atoms. The standard InChI is InChI=1S/C26H32N6O2S/c1-6-34-21-12-11-18-9-7-8-10-19(18)22(21)25(33)27-13-14-32-24-20(15-28-32)23(29-16(2)3)30-26(31-24)35-17(4)5/h7-12,15-17H,6,13-14H2,1-5H3,(H,27,33)(H,29,30,31). The Labute approximate surface area is 209 Å². The number of carbonyl (C=O) groups is 1. The quantitative estimate of drug-likeness (QED) is 0.234. The van der Waals surface area contributed by atoms with Crippen LogP contribution >= 0.6 is 11.8 Å². The maximum atomic E-state index is 13.2. The minimum atomic E-state index is -0.172. The van der Waals surface area contributed by atoms with Crippen LogP contribution in [0.5, 0.6) is 5.75 Å². The molecule has 1 amide bonds. The second kappa shape index (κ2) is 10.9. The molecule has 4 rings (SSSR count). The van der Waals surface area contributed by atoms with Crippen LogP contribution in [-0.2, 0) is 6.54 Å². The Balaban J connectivity index is 1.57. The molecule has 184 valence electrons. The van der Waals surface area contributed by atoms with E-state index in [0.29, 0.717) is 41.4 Å². The highest BCUT2D eigenvalue weighted by Crippen LogP contribution is 2.29. The van der Waals surface area contributed by atoms with Crippen molar-refractivity contribution in [2.75, 3.05) is 18.5 Å². The normalized spacial score (nSPS) is 11.5. The maximum absolute atomic E-state index is 13.2. The molecule has 4 aromatic rings. The van der Waals surface area contributed by atoms with Crippen LogP contribution in [0.15, 0.2) is 47.8 Å². The van der Waals surface area contributed by atoms with Crippen molar-refractivity contribution in [3.63, 3.8) is 0 Å². The molecule has 2 aromatic heterocycles. The van der Waals surface area contributed by atoms with Gasteiger partial charge in [0.15, 0.2) is 10.8 Å². The third-order valence-corrected chi connectivity index (χ3v) is 6.13. The Morgan fingerprint density at radius 3 is 2.63 bits per heavy atom. The van der Waals surface area contributed by atoms with Crippen molar-refractivity contribution in [2.24, 2.45) is 0 Å². The fourth-order valence-electron chi connectivity index (χ4n) is 3.87. The van der Waals surface area contributed by atoms with E-state index in [1.165, 1.54) is 0 Å². The lowest BCUT2D eigenvalue weighted by molar-refractivity contribution is 0.0950. The monoisotopic (exact) mass is 492 g/mol. The molecule has 0 spiro atoms. The van der Waals surface area contributed by atoms with E-state index in [2.05, 4.69) is 43.4 Å². The van der Waals surface area contributed by atoms with Gasteiger partial charge >= 0.3 is 0 Å². The molecule has 0 aliphatic carbocycles. The predicted octanol–water partition coefficient (Wildman–Crippen LogP) is 5.13. The maximum Gasteiger partial charge on any atom is 0.255 e. The highest BCUT2D eigenvalue weighted by molar-refractivity contribution is 7.99. The number of nitrogens with one attached hydrogen (secondary N) is 2. The van der Waals surface area contributed by atoms with Crippen molar-refractivity contribution >= 4 is 45.3 Å². The zero-order valence-corrected chi connectivity index (χ0v) is 21.6. The minimum Gasteiger partial charge on any atom is -0.493 e. The van der Waals surface area contributed by atoms with Crippen molar-refractivity contribution in [1.82, 2.24) is 25.1 Å². The first-order valence-corrected chi connectivity index (χ1v) is 12.8. The number of rotatable bonds is 10. The zero-order valence-electron chi connectivity index (χ0n) is 20.8. The highest BCUT2D eigenvalue weighted by Gasteiger charge is 2.18. The van der Waals surface area contributed by atoms with Gasteiger partial charge in [0, 0.05) is 17.8 Å². The fraction of sp³-hybridized carbons (Fsp3) is 0.385. The van der Waals surface area contributed by atoms with Gasteiger partial charge in [0.1, 0.15) is 11.6 Å². The van der Waals surface area contributed by atoms with Crippen LogP contribution in [0.2, 0.25) is 0 Å². The summed E-state index contributed by atoms with van der Waals surface area (Å²) in [6.07, 6.45) is 1.78. The molecule has 9 heteroatoms. The molecule has 35 heavy (non-hydrogen) atoms. The zero-order chi connectivity index (χ0) is 24.9. The molecule has 2 heterocycles. The topological polar surface area (TPSA) is 94.0 Å². The highest BCUT2D eigenvalue weighted by atomic mass is 32.2. The Morgan fingerprint density at radius 1 is 1.09 bits per heavy atom. The second-order valence-electron chi connectivity index (χ2n) is 8.77. The first kappa shape index (κ1) is 24.8. The first-order valence-electron chi connectivity index (χ1n) is 12.0. The number of carbonyl (C=O) groups excluding carboxylic acids is 1. The number of fused-ring (bicyclic) bond motifs is 2. The number of hydrogen-bond donors (Lipinski definition) is 2. The molecule has 0 aliphatic rings. The number of ether oxygens (including phenoxy) is 1. The molecule has 8 nitrogen and oxygen atoms in total. The van der Waals surface area contributed by atoms with E-state index >= 15 is 0 Å². The van der Waals surface area contributed by atoms with E-state index < -0.39 is 0 Å². The Hall–Kier alpha value is -3.33. The Bertz CT molecular complexity index is 1330. The lowest BCUT2D eigenvalue weighted by atomic mass is 10.0. The summed E-state index contributed by atoms with van der Waals surface area (Å²) in [6.45, 7) is 11.7. The van der Waals surface area contributed by atoms with Crippen molar-refractivity contribution in [3.8, 4) is 5.75 Å². The molecule has 0 atom stereocenters. The second-order valence-corrected chi connectivity index (χ2v) is 10.3. The smallest absolute Gasteiger partial charge is 0.255 e. The van der Waals surface area contributed by atoms with Crippen molar-refractivity contribution in [3.05, 3.63) is 48.2 Å². The van der Waals surface area contributed by atoms with Gasteiger partial charge in [-0.3, -0.25) is 4.79 Å². The number of aromatic nitrogens is 4. The number of thioether (sulfide) groups is 1.